The second-order valence-corrected chi connectivity index (χ2v) is 5.44. The van der Waals surface area contributed by atoms with Crippen molar-refractivity contribution in [3.8, 4) is 0 Å². The molecule has 0 saturated carbocycles. The SMILES string of the molecule is CCCNS(=O)(=O)c1ccc(CN)cc1C. The molecule has 0 amide bonds. The van der Waals surface area contributed by atoms with Crippen molar-refractivity contribution in [3.05, 3.63) is 29.3 Å². The number of nitrogens with one attached hydrogen (secondary N) is 1. The Morgan fingerprint density at radius 1 is 1.38 bits per heavy atom. The third-order valence-electron chi connectivity index (χ3n) is 2.31. The standard InChI is InChI=1S/C11H18N2O2S/c1-3-6-13-16(14,15)11-5-4-10(8-12)7-9(11)2/h4-5,7,13H,3,6,8,12H2,1-2H3. The Balaban J connectivity index is 3.04. The normalized spacial score (nSPS) is 11.7. The maximum atomic E-state index is 11.9. The van der Waals surface area contributed by atoms with Gasteiger partial charge in [0.1, 0.15) is 0 Å². The molecule has 0 aliphatic heterocycles. The van der Waals surface area contributed by atoms with Crippen molar-refractivity contribution in [1.82, 2.24) is 4.72 Å². The van der Waals surface area contributed by atoms with Crippen molar-refractivity contribution < 1.29 is 8.42 Å². The molecule has 0 aliphatic rings. The van der Waals surface area contributed by atoms with Crippen LogP contribution in [0.5, 0.6) is 0 Å². The van der Waals surface area contributed by atoms with Gasteiger partial charge in [-0.3, -0.25) is 0 Å². The van der Waals surface area contributed by atoms with Gasteiger partial charge in [-0.25, -0.2) is 13.1 Å². The van der Waals surface area contributed by atoms with E-state index in [0.717, 1.165) is 17.5 Å². The maximum absolute atomic E-state index is 11.9. The van der Waals surface area contributed by atoms with Gasteiger partial charge >= 0.3 is 0 Å². The molecule has 0 unspecified atom stereocenters. The first-order valence-electron chi connectivity index (χ1n) is 5.30. The molecule has 0 radical (unpaired) electrons. The van der Waals surface area contributed by atoms with Crippen LogP contribution in [0.25, 0.3) is 0 Å². The highest BCUT2D eigenvalue weighted by atomic mass is 32.2. The van der Waals surface area contributed by atoms with Gasteiger partial charge in [-0.15, -0.1) is 0 Å². The van der Waals surface area contributed by atoms with Gasteiger partial charge in [-0.2, -0.15) is 0 Å². The molecule has 0 spiro atoms. The topological polar surface area (TPSA) is 72.2 Å². The number of nitrogens with two attached hydrogens (primary N) is 1. The van der Waals surface area contributed by atoms with Crippen LogP contribution in [0.4, 0.5) is 0 Å². The van der Waals surface area contributed by atoms with Crippen LogP contribution in [0.15, 0.2) is 23.1 Å². The maximum Gasteiger partial charge on any atom is 0.240 e. The number of rotatable bonds is 5. The molecule has 3 N–H and O–H groups in total. The Hall–Kier alpha value is -0.910. The van der Waals surface area contributed by atoms with Crippen molar-refractivity contribution in [3.63, 3.8) is 0 Å². The molecule has 16 heavy (non-hydrogen) atoms. The van der Waals surface area contributed by atoms with Crippen LogP contribution in [0.2, 0.25) is 0 Å². The minimum Gasteiger partial charge on any atom is -0.326 e. The van der Waals surface area contributed by atoms with Gasteiger partial charge in [0.2, 0.25) is 10.0 Å². The summed E-state index contributed by atoms with van der Waals surface area (Å²) in [5, 5.41) is 0. The van der Waals surface area contributed by atoms with Gasteiger partial charge in [-0.1, -0.05) is 19.1 Å². The van der Waals surface area contributed by atoms with Crippen molar-refractivity contribution >= 4 is 10.0 Å². The first-order valence-corrected chi connectivity index (χ1v) is 6.79. The van der Waals surface area contributed by atoms with E-state index < -0.39 is 10.0 Å². The van der Waals surface area contributed by atoms with E-state index in [9.17, 15) is 8.42 Å². The highest BCUT2D eigenvalue weighted by Crippen LogP contribution is 2.16. The van der Waals surface area contributed by atoms with E-state index in [1.165, 1.54) is 0 Å². The van der Waals surface area contributed by atoms with Crippen molar-refractivity contribution in [2.75, 3.05) is 6.54 Å². The van der Waals surface area contributed by atoms with E-state index in [1.54, 1.807) is 25.1 Å². The molecule has 1 aromatic rings. The average molecular weight is 242 g/mol. The molecule has 0 fully saturated rings. The lowest BCUT2D eigenvalue weighted by atomic mass is 10.1. The Morgan fingerprint density at radius 2 is 2.06 bits per heavy atom. The van der Waals surface area contributed by atoms with Gasteiger partial charge in [-0.05, 0) is 30.5 Å². The fourth-order valence-electron chi connectivity index (χ4n) is 1.45. The lowest BCUT2D eigenvalue weighted by Gasteiger charge is -2.09. The van der Waals surface area contributed by atoms with E-state index in [2.05, 4.69) is 4.72 Å². The van der Waals surface area contributed by atoms with Gasteiger partial charge in [0.25, 0.3) is 0 Å². The number of aryl methyl sites for hydroxylation is 1. The Bertz CT molecular complexity index is 455. The summed E-state index contributed by atoms with van der Waals surface area (Å²) >= 11 is 0. The summed E-state index contributed by atoms with van der Waals surface area (Å²) in [5.74, 6) is 0. The molecule has 0 bridgehead atoms. The third-order valence-corrected chi connectivity index (χ3v) is 3.93. The molecule has 0 aromatic heterocycles. The molecule has 0 saturated heterocycles. The molecule has 5 heteroatoms. The summed E-state index contributed by atoms with van der Waals surface area (Å²) in [6.45, 7) is 4.58. The van der Waals surface area contributed by atoms with Crippen LogP contribution >= 0.6 is 0 Å². The molecule has 90 valence electrons. The van der Waals surface area contributed by atoms with Crippen LogP contribution in [0, 0.1) is 6.92 Å². The highest BCUT2D eigenvalue weighted by Gasteiger charge is 2.15. The smallest absolute Gasteiger partial charge is 0.240 e. The van der Waals surface area contributed by atoms with Gasteiger partial charge < -0.3 is 5.73 Å². The Kier molecular flexibility index (Phi) is 4.46. The Morgan fingerprint density at radius 3 is 2.56 bits per heavy atom. The van der Waals surface area contributed by atoms with E-state index in [4.69, 9.17) is 5.73 Å². The second-order valence-electron chi connectivity index (χ2n) is 3.70. The lowest BCUT2D eigenvalue weighted by molar-refractivity contribution is 0.580. The number of benzene rings is 1. The summed E-state index contributed by atoms with van der Waals surface area (Å²) in [5.41, 5.74) is 7.16. The van der Waals surface area contributed by atoms with Crippen molar-refractivity contribution in [2.24, 2.45) is 5.73 Å². The third kappa shape index (κ3) is 3.04. The van der Waals surface area contributed by atoms with Crippen LogP contribution in [-0.2, 0) is 16.6 Å². The molecule has 1 rings (SSSR count). The second kappa shape index (κ2) is 5.43. The van der Waals surface area contributed by atoms with E-state index in [1.807, 2.05) is 6.92 Å². The van der Waals surface area contributed by atoms with Crippen molar-refractivity contribution in [2.45, 2.75) is 31.7 Å². The van der Waals surface area contributed by atoms with Crippen LogP contribution in [-0.4, -0.2) is 15.0 Å². The largest absolute Gasteiger partial charge is 0.326 e. The fourth-order valence-corrected chi connectivity index (χ4v) is 2.81. The molecular weight excluding hydrogens is 224 g/mol. The fraction of sp³-hybridized carbons (Fsp3) is 0.455. The lowest BCUT2D eigenvalue weighted by Crippen LogP contribution is -2.25. The van der Waals surface area contributed by atoms with Crippen molar-refractivity contribution in [1.29, 1.82) is 0 Å². The van der Waals surface area contributed by atoms with Gasteiger partial charge in [0.05, 0.1) is 4.90 Å². The average Bonchev–Trinajstić information content (AvgIpc) is 2.25. The minimum absolute atomic E-state index is 0.332. The number of hydrogen-bond acceptors (Lipinski definition) is 3. The monoisotopic (exact) mass is 242 g/mol. The molecule has 1 aromatic carbocycles. The molecule has 4 nitrogen and oxygen atoms in total. The Labute approximate surface area is 96.9 Å². The zero-order valence-electron chi connectivity index (χ0n) is 9.66. The van der Waals surface area contributed by atoms with Gasteiger partial charge in [0, 0.05) is 13.1 Å². The molecule has 0 atom stereocenters. The van der Waals surface area contributed by atoms with E-state index in [0.29, 0.717) is 18.0 Å². The zero-order chi connectivity index (χ0) is 12.2. The number of hydrogen-bond donors (Lipinski definition) is 2. The first-order chi connectivity index (χ1) is 7.51. The van der Waals surface area contributed by atoms with E-state index in [-0.39, 0.29) is 0 Å². The predicted molar refractivity (Wildman–Crippen MR) is 64.5 cm³/mol. The van der Waals surface area contributed by atoms with E-state index >= 15 is 0 Å². The van der Waals surface area contributed by atoms with Crippen LogP contribution < -0.4 is 10.5 Å². The summed E-state index contributed by atoms with van der Waals surface area (Å²) in [6, 6.07) is 5.16. The quantitative estimate of drug-likeness (QED) is 0.813. The molecular formula is C11H18N2O2S. The van der Waals surface area contributed by atoms with Gasteiger partial charge in [0.15, 0.2) is 0 Å². The predicted octanol–water partition coefficient (Wildman–Crippen LogP) is 1.14. The highest BCUT2D eigenvalue weighted by molar-refractivity contribution is 7.89. The first kappa shape index (κ1) is 13.2. The summed E-state index contributed by atoms with van der Waals surface area (Å²) in [7, 11) is -3.37. The molecule has 0 aliphatic carbocycles. The van der Waals surface area contributed by atoms with Crippen LogP contribution in [0.3, 0.4) is 0 Å². The summed E-state index contributed by atoms with van der Waals surface area (Å²) in [6.07, 6.45) is 0.777. The number of sulfonamides is 1. The minimum atomic E-state index is -3.37. The zero-order valence-corrected chi connectivity index (χ0v) is 10.5. The summed E-state index contributed by atoms with van der Waals surface area (Å²) < 4.78 is 26.3. The molecule has 0 heterocycles. The van der Waals surface area contributed by atoms with Crippen LogP contribution in [0.1, 0.15) is 24.5 Å². The summed E-state index contributed by atoms with van der Waals surface area (Å²) in [4.78, 5) is 0.332.